The third-order valence-corrected chi connectivity index (χ3v) is 3.55. The van der Waals surface area contributed by atoms with Crippen LogP contribution in [0.1, 0.15) is 54.4 Å². The predicted octanol–water partition coefficient (Wildman–Crippen LogP) is 3.09. The number of carbonyl (C=O) groups excluding carboxylic acids is 1. The molecule has 1 aromatic heterocycles. The van der Waals surface area contributed by atoms with Crippen molar-refractivity contribution in [2.24, 2.45) is 0 Å². The third kappa shape index (κ3) is 3.84. The first kappa shape index (κ1) is 15.1. The van der Waals surface area contributed by atoms with Gasteiger partial charge in [-0.2, -0.15) is 0 Å². The molecule has 0 saturated heterocycles. The van der Waals surface area contributed by atoms with Gasteiger partial charge in [0.05, 0.1) is 12.2 Å². The van der Waals surface area contributed by atoms with E-state index in [-0.39, 0.29) is 5.91 Å². The molecule has 0 unspecified atom stereocenters. The number of rotatable bonds is 6. The molecule has 1 amide bonds. The summed E-state index contributed by atoms with van der Waals surface area (Å²) in [6, 6.07) is 8.78. The lowest BCUT2D eigenvalue weighted by Gasteiger charge is -2.06. The molecule has 0 radical (unpaired) electrons. The highest BCUT2D eigenvalue weighted by atomic mass is 16.5. The van der Waals surface area contributed by atoms with Crippen LogP contribution in [-0.2, 0) is 6.54 Å². The molecule has 0 saturated carbocycles. The standard InChI is InChI=1S/C16H21N3O2/c1-3-11(4-2)15-9-14(21-19-15)10-18-16(20)12-6-5-7-13(17)8-12/h5-9,11H,3-4,10,17H2,1-2H3,(H,18,20). The van der Waals surface area contributed by atoms with Gasteiger partial charge < -0.3 is 15.6 Å². The summed E-state index contributed by atoms with van der Waals surface area (Å²) in [7, 11) is 0. The van der Waals surface area contributed by atoms with E-state index in [4.69, 9.17) is 10.3 Å². The van der Waals surface area contributed by atoms with Crippen LogP contribution in [0.3, 0.4) is 0 Å². The Balaban J connectivity index is 1.95. The topological polar surface area (TPSA) is 81.2 Å². The molecule has 0 bridgehead atoms. The maximum atomic E-state index is 12.0. The summed E-state index contributed by atoms with van der Waals surface area (Å²) in [5.74, 6) is 0.893. The van der Waals surface area contributed by atoms with Crippen LogP contribution >= 0.6 is 0 Å². The Hall–Kier alpha value is -2.30. The summed E-state index contributed by atoms with van der Waals surface area (Å²) in [4.78, 5) is 12.0. The van der Waals surface area contributed by atoms with E-state index in [1.54, 1.807) is 24.3 Å². The zero-order valence-electron chi connectivity index (χ0n) is 12.4. The van der Waals surface area contributed by atoms with Gasteiger partial charge in [-0.05, 0) is 31.0 Å². The van der Waals surface area contributed by atoms with Crippen LogP contribution in [0.5, 0.6) is 0 Å². The minimum atomic E-state index is -0.178. The molecular weight excluding hydrogens is 266 g/mol. The summed E-state index contributed by atoms with van der Waals surface area (Å²) in [5, 5.41) is 6.88. The normalized spacial score (nSPS) is 10.8. The van der Waals surface area contributed by atoms with Crippen LogP contribution < -0.4 is 11.1 Å². The molecule has 5 nitrogen and oxygen atoms in total. The van der Waals surface area contributed by atoms with Gasteiger partial charge in [-0.25, -0.2) is 0 Å². The molecule has 0 fully saturated rings. The fourth-order valence-corrected chi connectivity index (χ4v) is 2.26. The lowest BCUT2D eigenvalue weighted by atomic mass is 9.99. The second-order valence-electron chi connectivity index (χ2n) is 5.04. The Labute approximate surface area is 124 Å². The highest BCUT2D eigenvalue weighted by molar-refractivity contribution is 5.94. The van der Waals surface area contributed by atoms with Crippen LogP contribution in [0.15, 0.2) is 34.9 Å². The second-order valence-corrected chi connectivity index (χ2v) is 5.04. The van der Waals surface area contributed by atoms with Gasteiger partial charge in [0.2, 0.25) is 0 Å². The van der Waals surface area contributed by atoms with Gasteiger partial charge in [0.1, 0.15) is 0 Å². The number of carbonyl (C=O) groups is 1. The summed E-state index contributed by atoms with van der Waals surface area (Å²) in [6.45, 7) is 4.58. The molecule has 0 aliphatic heterocycles. The molecule has 1 heterocycles. The molecule has 21 heavy (non-hydrogen) atoms. The van der Waals surface area contributed by atoms with E-state index in [0.29, 0.717) is 29.5 Å². The first-order valence-electron chi connectivity index (χ1n) is 7.23. The van der Waals surface area contributed by atoms with Crippen molar-refractivity contribution in [3.63, 3.8) is 0 Å². The third-order valence-electron chi connectivity index (χ3n) is 3.55. The van der Waals surface area contributed by atoms with Crippen molar-refractivity contribution < 1.29 is 9.32 Å². The van der Waals surface area contributed by atoms with Gasteiger partial charge in [-0.3, -0.25) is 4.79 Å². The molecule has 2 aromatic rings. The van der Waals surface area contributed by atoms with Crippen LogP contribution in [-0.4, -0.2) is 11.1 Å². The Morgan fingerprint density at radius 2 is 2.10 bits per heavy atom. The van der Waals surface area contributed by atoms with Crippen LogP contribution in [0, 0.1) is 0 Å². The Morgan fingerprint density at radius 1 is 1.33 bits per heavy atom. The zero-order valence-corrected chi connectivity index (χ0v) is 12.4. The molecule has 2 rings (SSSR count). The molecule has 0 spiro atoms. The highest BCUT2D eigenvalue weighted by Gasteiger charge is 2.13. The van der Waals surface area contributed by atoms with Crippen molar-refractivity contribution >= 4 is 11.6 Å². The summed E-state index contributed by atoms with van der Waals surface area (Å²) in [5.41, 5.74) is 7.72. The molecule has 0 aliphatic carbocycles. The van der Waals surface area contributed by atoms with Gasteiger partial charge >= 0.3 is 0 Å². The smallest absolute Gasteiger partial charge is 0.251 e. The van der Waals surface area contributed by atoms with Crippen molar-refractivity contribution in [2.45, 2.75) is 39.2 Å². The molecule has 0 aliphatic rings. The van der Waals surface area contributed by atoms with Crippen molar-refractivity contribution in [1.29, 1.82) is 0 Å². The zero-order chi connectivity index (χ0) is 15.2. The molecule has 1 aromatic carbocycles. The van der Waals surface area contributed by atoms with Crippen LogP contribution in [0.4, 0.5) is 5.69 Å². The van der Waals surface area contributed by atoms with Crippen molar-refractivity contribution in [3.05, 3.63) is 47.3 Å². The number of nitrogens with one attached hydrogen (secondary N) is 1. The van der Waals surface area contributed by atoms with Crippen LogP contribution in [0.2, 0.25) is 0 Å². The average molecular weight is 287 g/mol. The van der Waals surface area contributed by atoms with Crippen molar-refractivity contribution in [2.75, 3.05) is 5.73 Å². The summed E-state index contributed by atoms with van der Waals surface area (Å²) >= 11 is 0. The van der Waals surface area contributed by atoms with Crippen molar-refractivity contribution in [1.82, 2.24) is 10.5 Å². The van der Waals surface area contributed by atoms with Crippen LogP contribution in [0.25, 0.3) is 0 Å². The number of aromatic nitrogens is 1. The lowest BCUT2D eigenvalue weighted by Crippen LogP contribution is -2.22. The predicted molar refractivity (Wildman–Crippen MR) is 81.9 cm³/mol. The first-order chi connectivity index (χ1) is 10.1. The van der Waals surface area contributed by atoms with E-state index in [1.807, 2.05) is 6.07 Å². The fraction of sp³-hybridized carbons (Fsp3) is 0.375. The Morgan fingerprint density at radius 3 is 2.76 bits per heavy atom. The maximum Gasteiger partial charge on any atom is 0.251 e. The first-order valence-corrected chi connectivity index (χ1v) is 7.23. The Kier molecular flexibility index (Phi) is 4.98. The maximum absolute atomic E-state index is 12.0. The Bertz CT molecular complexity index is 603. The number of benzene rings is 1. The number of nitrogens with zero attached hydrogens (tertiary/aromatic N) is 1. The summed E-state index contributed by atoms with van der Waals surface area (Å²) in [6.07, 6.45) is 2.05. The monoisotopic (exact) mass is 287 g/mol. The SMILES string of the molecule is CCC(CC)c1cc(CNC(=O)c2cccc(N)c2)on1. The van der Waals surface area contributed by atoms with E-state index in [0.717, 1.165) is 18.5 Å². The van der Waals surface area contributed by atoms with E-state index in [1.165, 1.54) is 0 Å². The number of nitrogen functional groups attached to an aromatic ring is 1. The molecule has 112 valence electrons. The minimum Gasteiger partial charge on any atom is -0.399 e. The molecule has 0 atom stereocenters. The van der Waals surface area contributed by atoms with E-state index < -0.39 is 0 Å². The minimum absolute atomic E-state index is 0.178. The van der Waals surface area contributed by atoms with Gasteiger partial charge in [0, 0.05) is 23.2 Å². The number of amides is 1. The number of hydrogen-bond donors (Lipinski definition) is 2. The van der Waals surface area contributed by atoms with Gasteiger partial charge in [0.25, 0.3) is 5.91 Å². The molecule has 5 heteroatoms. The van der Waals surface area contributed by atoms with E-state index >= 15 is 0 Å². The molecular formula is C16H21N3O2. The van der Waals surface area contributed by atoms with Gasteiger partial charge in [-0.15, -0.1) is 0 Å². The lowest BCUT2D eigenvalue weighted by molar-refractivity contribution is 0.0947. The summed E-state index contributed by atoms with van der Waals surface area (Å²) < 4.78 is 5.27. The number of anilines is 1. The second kappa shape index (κ2) is 6.92. The number of nitrogens with two attached hydrogens (primary N) is 1. The molecule has 3 N–H and O–H groups in total. The highest BCUT2D eigenvalue weighted by Crippen LogP contribution is 2.22. The fourth-order valence-electron chi connectivity index (χ4n) is 2.26. The van der Waals surface area contributed by atoms with Crippen molar-refractivity contribution in [3.8, 4) is 0 Å². The van der Waals surface area contributed by atoms with Gasteiger partial charge in [0.15, 0.2) is 5.76 Å². The average Bonchev–Trinajstić information content (AvgIpc) is 2.95. The number of hydrogen-bond acceptors (Lipinski definition) is 4. The van der Waals surface area contributed by atoms with E-state index in [2.05, 4.69) is 24.3 Å². The van der Waals surface area contributed by atoms with Gasteiger partial charge in [-0.1, -0.05) is 25.1 Å². The largest absolute Gasteiger partial charge is 0.399 e. The van der Waals surface area contributed by atoms with E-state index in [9.17, 15) is 4.79 Å². The quantitative estimate of drug-likeness (QED) is 0.800.